The number of methoxy groups -OCH3 is 2. The van der Waals surface area contributed by atoms with E-state index in [0.29, 0.717) is 11.8 Å². The molecule has 0 spiro atoms. The first-order valence-corrected chi connectivity index (χ1v) is 8.73. The summed E-state index contributed by atoms with van der Waals surface area (Å²) in [4.78, 5) is 4.49. The lowest BCUT2D eigenvalue weighted by molar-refractivity contribution is 0.342. The van der Waals surface area contributed by atoms with Gasteiger partial charge in [-0.3, -0.25) is 5.10 Å². The van der Waals surface area contributed by atoms with E-state index in [-0.39, 0.29) is 0 Å². The molecule has 0 saturated heterocycles. The maximum absolute atomic E-state index is 5.69. The van der Waals surface area contributed by atoms with Gasteiger partial charge in [0.25, 0.3) is 0 Å². The molecule has 6 nitrogen and oxygen atoms in total. The van der Waals surface area contributed by atoms with Crippen molar-refractivity contribution in [1.29, 1.82) is 0 Å². The summed E-state index contributed by atoms with van der Waals surface area (Å²) in [5.41, 5.74) is 0.967. The summed E-state index contributed by atoms with van der Waals surface area (Å²) in [6.07, 6.45) is 0. The number of hydrogen-bond acceptors (Lipinski definition) is 6. The molecule has 25 heavy (non-hydrogen) atoms. The topological polar surface area (TPSA) is 69.3 Å². The Morgan fingerprint density at radius 2 is 1.48 bits per heavy atom. The van der Waals surface area contributed by atoms with Crippen molar-refractivity contribution in [3.8, 4) is 28.6 Å². The van der Waals surface area contributed by atoms with Gasteiger partial charge in [0.05, 0.1) is 20.8 Å². The van der Waals surface area contributed by atoms with Crippen molar-refractivity contribution in [2.24, 2.45) is 0 Å². The first kappa shape index (κ1) is 17.2. The molecule has 0 fully saturated rings. The number of aromatic nitrogens is 3. The van der Waals surface area contributed by atoms with Crippen molar-refractivity contribution < 1.29 is 14.2 Å². The molecule has 0 aliphatic heterocycles. The third-order valence-electron chi connectivity index (χ3n) is 3.47. The Balaban J connectivity index is 1.47. The number of thioether (sulfide) groups is 1. The van der Waals surface area contributed by atoms with Crippen LogP contribution in [0.15, 0.2) is 53.7 Å². The third kappa shape index (κ3) is 4.67. The number of rotatable bonds is 8. The van der Waals surface area contributed by atoms with Crippen LogP contribution in [0, 0.1) is 0 Å². The van der Waals surface area contributed by atoms with Crippen molar-refractivity contribution >= 4 is 11.8 Å². The van der Waals surface area contributed by atoms with Gasteiger partial charge in [0.15, 0.2) is 5.82 Å². The zero-order valence-electron chi connectivity index (χ0n) is 14.1. The van der Waals surface area contributed by atoms with Crippen LogP contribution in [0.2, 0.25) is 0 Å². The minimum Gasteiger partial charge on any atom is -0.497 e. The van der Waals surface area contributed by atoms with Crippen LogP contribution in [0.1, 0.15) is 0 Å². The van der Waals surface area contributed by atoms with E-state index >= 15 is 0 Å². The number of aromatic amines is 1. The summed E-state index contributed by atoms with van der Waals surface area (Å²) in [6.45, 7) is 0.573. The molecule has 2 aromatic carbocycles. The van der Waals surface area contributed by atoms with Gasteiger partial charge >= 0.3 is 0 Å². The summed E-state index contributed by atoms with van der Waals surface area (Å²) >= 11 is 1.54. The van der Waals surface area contributed by atoms with Crippen molar-refractivity contribution in [1.82, 2.24) is 15.2 Å². The van der Waals surface area contributed by atoms with Gasteiger partial charge in [0.2, 0.25) is 5.16 Å². The smallest absolute Gasteiger partial charge is 0.208 e. The second kappa shape index (κ2) is 8.43. The van der Waals surface area contributed by atoms with Gasteiger partial charge in [-0.25, -0.2) is 4.98 Å². The standard InChI is InChI=1S/C18H19N3O3S/c1-22-14-5-3-13(4-6-14)17-19-18(21-20-17)25-12-11-24-16-9-7-15(23-2)8-10-16/h3-10H,11-12H2,1-2H3,(H,19,20,21). The Hall–Kier alpha value is -2.67. The molecule has 1 aromatic heterocycles. The second-order valence-electron chi connectivity index (χ2n) is 5.07. The predicted molar refractivity (Wildman–Crippen MR) is 97.6 cm³/mol. The molecule has 0 bridgehead atoms. The van der Waals surface area contributed by atoms with Gasteiger partial charge < -0.3 is 14.2 Å². The second-order valence-corrected chi connectivity index (χ2v) is 6.13. The molecule has 0 amide bonds. The van der Waals surface area contributed by atoms with Gasteiger partial charge in [-0.1, -0.05) is 11.8 Å². The number of hydrogen-bond donors (Lipinski definition) is 1. The average molecular weight is 357 g/mol. The number of H-pyrrole nitrogens is 1. The molecule has 0 atom stereocenters. The lowest BCUT2D eigenvalue weighted by Crippen LogP contribution is -2.00. The molecule has 130 valence electrons. The molecule has 0 saturated carbocycles. The van der Waals surface area contributed by atoms with E-state index in [0.717, 1.165) is 34.4 Å². The Labute approximate surface area is 150 Å². The van der Waals surface area contributed by atoms with E-state index in [1.165, 1.54) is 0 Å². The zero-order valence-corrected chi connectivity index (χ0v) is 14.9. The maximum Gasteiger partial charge on any atom is 0.208 e. The molecule has 3 aromatic rings. The highest BCUT2D eigenvalue weighted by atomic mass is 32.2. The highest BCUT2D eigenvalue weighted by molar-refractivity contribution is 7.99. The molecule has 1 heterocycles. The Morgan fingerprint density at radius 3 is 2.12 bits per heavy atom. The average Bonchev–Trinajstić information content (AvgIpc) is 3.15. The number of nitrogens with zero attached hydrogens (tertiary/aromatic N) is 2. The van der Waals surface area contributed by atoms with E-state index in [1.807, 2.05) is 48.5 Å². The molecule has 3 rings (SSSR count). The van der Waals surface area contributed by atoms with Crippen LogP contribution in [-0.2, 0) is 0 Å². The fraction of sp³-hybridized carbons (Fsp3) is 0.222. The van der Waals surface area contributed by atoms with Crippen LogP contribution in [0.5, 0.6) is 17.2 Å². The number of benzene rings is 2. The van der Waals surface area contributed by atoms with Crippen molar-refractivity contribution in [3.05, 3.63) is 48.5 Å². The summed E-state index contributed by atoms with van der Waals surface area (Å²) < 4.78 is 16.0. The van der Waals surface area contributed by atoms with E-state index in [2.05, 4.69) is 15.2 Å². The number of ether oxygens (including phenoxy) is 3. The molecule has 1 N–H and O–H groups in total. The van der Waals surface area contributed by atoms with Crippen LogP contribution >= 0.6 is 11.8 Å². The summed E-state index contributed by atoms with van der Waals surface area (Å²) in [7, 11) is 3.29. The van der Waals surface area contributed by atoms with Crippen LogP contribution in [0.3, 0.4) is 0 Å². The predicted octanol–water partition coefficient (Wildman–Crippen LogP) is 3.66. The van der Waals surface area contributed by atoms with Crippen LogP contribution in [-0.4, -0.2) is 41.8 Å². The third-order valence-corrected chi connectivity index (χ3v) is 4.28. The minimum atomic E-state index is 0.573. The maximum atomic E-state index is 5.69. The summed E-state index contributed by atoms with van der Waals surface area (Å²) in [5.74, 6) is 3.94. The molecule has 0 radical (unpaired) electrons. The molecule has 7 heteroatoms. The molecule has 0 aliphatic rings. The summed E-state index contributed by atoms with van der Waals surface area (Å²) in [6, 6.07) is 15.2. The first-order chi connectivity index (χ1) is 12.3. The van der Waals surface area contributed by atoms with Gasteiger partial charge in [-0.2, -0.15) is 0 Å². The zero-order chi connectivity index (χ0) is 17.5. The Bertz CT molecular complexity index is 788. The van der Waals surface area contributed by atoms with Crippen molar-refractivity contribution in [2.75, 3.05) is 26.6 Å². The highest BCUT2D eigenvalue weighted by Gasteiger charge is 2.06. The van der Waals surface area contributed by atoms with Crippen molar-refractivity contribution in [2.45, 2.75) is 5.16 Å². The van der Waals surface area contributed by atoms with E-state index in [1.54, 1.807) is 26.0 Å². The lowest BCUT2D eigenvalue weighted by atomic mass is 10.2. The van der Waals surface area contributed by atoms with Crippen LogP contribution in [0.4, 0.5) is 0 Å². The molecular weight excluding hydrogens is 338 g/mol. The quantitative estimate of drug-likeness (QED) is 0.490. The SMILES string of the molecule is COc1ccc(OCCSc2n[nH]c(-c3ccc(OC)cc3)n2)cc1. The monoisotopic (exact) mass is 357 g/mol. The van der Waals surface area contributed by atoms with Gasteiger partial charge in [0, 0.05) is 11.3 Å². The van der Waals surface area contributed by atoms with Gasteiger partial charge in [-0.05, 0) is 48.5 Å². The fourth-order valence-corrected chi connectivity index (χ4v) is 2.77. The minimum absolute atomic E-state index is 0.573. The Morgan fingerprint density at radius 1 is 0.880 bits per heavy atom. The number of nitrogens with one attached hydrogen (secondary N) is 1. The fourth-order valence-electron chi connectivity index (χ4n) is 2.15. The normalized spacial score (nSPS) is 10.5. The van der Waals surface area contributed by atoms with Crippen LogP contribution < -0.4 is 14.2 Å². The summed E-state index contributed by atoms with van der Waals surface area (Å²) in [5, 5.41) is 7.88. The molecular formula is C18H19N3O3S. The highest BCUT2D eigenvalue weighted by Crippen LogP contribution is 2.22. The van der Waals surface area contributed by atoms with Crippen LogP contribution in [0.25, 0.3) is 11.4 Å². The van der Waals surface area contributed by atoms with Gasteiger partial charge in [0.1, 0.15) is 17.2 Å². The molecule has 0 aliphatic carbocycles. The van der Waals surface area contributed by atoms with E-state index in [4.69, 9.17) is 14.2 Å². The molecule has 0 unspecified atom stereocenters. The largest absolute Gasteiger partial charge is 0.497 e. The van der Waals surface area contributed by atoms with Gasteiger partial charge in [-0.15, -0.1) is 5.10 Å². The Kier molecular flexibility index (Phi) is 5.79. The van der Waals surface area contributed by atoms with Crippen molar-refractivity contribution in [3.63, 3.8) is 0 Å². The lowest BCUT2D eigenvalue weighted by Gasteiger charge is -2.05. The first-order valence-electron chi connectivity index (χ1n) is 7.75. The van der Waals surface area contributed by atoms with E-state index < -0.39 is 0 Å². The van der Waals surface area contributed by atoms with E-state index in [9.17, 15) is 0 Å².